The van der Waals surface area contributed by atoms with E-state index in [0.29, 0.717) is 6.54 Å². The molecular formula is C14H21BrN2O. The maximum Gasteiger partial charge on any atom is 0.0678 e. The van der Waals surface area contributed by atoms with Crippen molar-refractivity contribution in [3.05, 3.63) is 34.3 Å². The van der Waals surface area contributed by atoms with Gasteiger partial charge in [-0.3, -0.25) is 4.90 Å². The third kappa shape index (κ3) is 3.32. The summed E-state index contributed by atoms with van der Waals surface area (Å²) in [5, 5.41) is 0. The number of benzene rings is 1. The van der Waals surface area contributed by atoms with Crippen molar-refractivity contribution in [2.45, 2.75) is 32.1 Å². The SMILES string of the molecule is C[C@H]1CN([C@@H](CN)c2ccc(Br)cc2)C[C@H](C)O1. The summed E-state index contributed by atoms with van der Waals surface area (Å²) in [6.07, 6.45) is 0.552. The smallest absolute Gasteiger partial charge is 0.0678 e. The van der Waals surface area contributed by atoms with Crippen LogP contribution in [0, 0.1) is 0 Å². The number of morpholine rings is 1. The number of hydrogen-bond acceptors (Lipinski definition) is 3. The molecule has 3 nitrogen and oxygen atoms in total. The Morgan fingerprint density at radius 2 is 1.83 bits per heavy atom. The van der Waals surface area contributed by atoms with Crippen LogP contribution in [-0.4, -0.2) is 36.7 Å². The fraction of sp³-hybridized carbons (Fsp3) is 0.571. The second kappa shape index (κ2) is 6.15. The summed E-state index contributed by atoms with van der Waals surface area (Å²) < 4.78 is 6.88. The summed E-state index contributed by atoms with van der Waals surface area (Å²) in [4.78, 5) is 2.43. The van der Waals surface area contributed by atoms with Crippen LogP contribution >= 0.6 is 15.9 Å². The van der Waals surface area contributed by atoms with Crippen molar-refractivity contribution in [2.24, 2.45) is 5.73 Å². The summed E-state index contributed by atoms with van der Waals surface area (Å²) in [7, 11) is 0. The third-order valence-electron chi connectivity index (χ3n) is 3.37. The Morgan fingerprint density at radius 1 is 1.28 bits per heavy atom. The summed E-state index contributed by atoms with van der Waals surface area (Å²) in [6, 6.07) is 8.72. The Morgan fingerprint density at radius 3 is 2.33 bits per heavy atom. The van der Waals surface area contributed by atoms with Gasteiger partial charge in [-0.2, -0.15) is 0 Å². The van der Waals surface area contributed by atoms with E-state index in [1.807, 2.05) is 0 Å². The molecule has 1 aromatic carbocycles. The number of rotatable bonds is 3. The zero-order valence-electron chi connectivity index (χ0n) is 11.0. The minimum atomic E-state index is 0.276. The van der Waals surface area contributed by atoms with Gasteiger partial charge in [0.2, 0.25) is 0 Å². The van der Waals surface area contributed by atoms with Gasteiger partial charge >= 0.3 is 0 Å². The molecule has 1 aliphatic heterocycles. The van der Waals surface area contributed by atoms with Crippen LogP contribution in [0.4, 0.5) is 0 Å². The van der Waals surface area contributed by atoms with Gasteiger partial charge in [0.25, 0.3) is 0 Å². The lowest BCUT2D eigenvalue weighted by Gasteiger charge is -2.40. The Balaban J connectivity index is 2.14. The van der Waals surface area contributed by atoms with E-state index in [2.05, 4.69) is 58.9 Å². The highest BCUT2D eigenvalue weighted by Crippen LogP contribution is 2.25. The molecule has 1 fully saturated rings. The van der Waals surface area contributed by atoms with Gasteiger partial charge in [-0.15, -0.1) is 0 Å². The van der Waals surface area contributed by atoms with Crippen LogP contribution in [0.2, 0.25) is 0 Å². The highest BCUT2D eigenvalue weighted by atomic mass is 79.9. The van der Waals surface area contributed by atoms with Crippen LogP contribution in [-0.2, 0) is 4.74 Å². The van der Waals surface area contributed by atoms with Crippen molar-refractivity contribution in [3.63, 3.8) is 0 Å². The number of ether oxygens (including phenoxy) is 1. The zero-order valence-corrected chi connectivity index (χ0v) is 12.6. The lowest BCUT2D eigenvalue weighted by Crippen LogP contribution is -2.48. The normalized spacial score (nSPS) is 27.1. The quantitative estimate of drug-likeness (QED) is 0.932. The molecule has 1 aliphatic rings. The van der Waals surface area contributed by atoms with Crippen LogP contribution in [0.15, 0.2) is 28.7 Å². The van der Waals surface area contributed by atoms with Gasteiger partial charge in [-0.25, -0.2) is 0 Å². The lowest BCUT2D eigenvalue weighted by atomic mass is 10.0. The van der Waals surface area contributed by atoms with Crippen molar-refractivity contribution in [1.29, 1.82) is 0 Å². The molecule has 0 bridgehead atoms. The molecule has 18 heavy (non-hydrogen) atoms. The van der Waals surface area contributed by atoms with Gasteiger partial charge in [0.05, 0.1) is 12.2 Å². The first-order valence-electron chi connectivity index (χ1n) is 6.45. The van der Waals surface area contributed by atoms with E-state index in [1.165, 1.54) is 5.56 Å². The fourth-order valence-electron chi connectivity index (χ4n) is 2.65. The highest BCUT2D eigenvalue weighted by molar-refractivity contribution is 9.10. The van der Waals surface area contributed by atoms with E-state index in [-0.39, 0.29) is 18.2 Å². The van der Waals surface area contributed by atoms with E-state index in [1.54, 1.807) is 0 Å². The van der Waals surface area contributed by atoms with Gasteiger partial charge in [0.15, 0.2) is 0 Å². The molecule has 3 atom stereocenters. The Bertz CT molecular complexity index is 372. The predicted octanol–water partition coefficient (Wildman–Crippen LogP) is 2.56. The predicted molar refractivity (Wildman–Crippen MR) is 77.5 cm³/mol. The van der Waals surface area contributed by atoms with Crippen molar-refractivity contribution in [3.8, 4) is 0 Å². The molecule has 0 unspecified atom stereocenters. The van der Waals surface area contributed by atoms with Gasteiger partial charge in [0.1, 0.15) is 0 Å². The molecule has 0 radical (unpaired) electrons. The summed E-state index contributed by atoms with van der Waals surface area (Å²) in [6.45, 7) is 6.78. The van der Waals surface area contributed by atoms with E-state index >= 15 is 0 Å². The van der Waals surface area contributed by atoms with Crippen molar-refractivity contribution < 1.29 is 4.74 Å². The van der Waals surface area contributed by atoms with Crippen LogP contribution < -0.4 is 5.73 Å². The molecule has 1 aromatic rings. The Hall–Kier alpha value is -0.420. The van der Waals surface area contributed by atoms with Gasteiger partial charge in [-0.05, 0) is 31.5 Å². The average molecular weight is 313 g/mol. The number of nitrogens with zero attached hydrogens (tertiary/aromatic N) is 1. The topological polar surface area (TPSA) is 38.5 Å². The maximum atomic E-state index is 5.97. The molecule has 0 saturated carbocycles. The molecule has 2 rings (SSSR count). The molecular weight excluding hydrogens is 292 g/mol. The Kier molecular flexibility index (Phi) is 4.78. The van der Waals surface area contributed by atoms with Crippen LogP contribution in [0.5, 0.6) is 0 Å². The molecule has 0 aliphatic carbocycles. The number of nitrogens with two attached hydrogens (primary N) is 1. The van der Waals surface area contributed by atoms with Crippen LogP contribution in [0.3, 0.4) is 0 Å². The van der Waals surface area contributed by atoms with E-state index in [0.717, 1.165) is 17.6 Å². The lowest BCUT2D eigenvalue weighted by molar-refractivity contribution is -0.0799. The second-order valence-corrected chi connectivity index (χ2v) is 5.93. The Labute approximate surface area is 117 Å². The first kappa shape index (κ1) is 14.0. The van der Waals surface area contributed by atoms with E-state index < -0.39 is 0 Å². The largest absolute Gasteiger partial charge is 0.373 e. The summed E-state index contributed by atoms with van der Waals surface area (Å²) in [5.74, 6) is 0. The summed E-state index contributed by atoms with van der Waals surface area (Å²) >= 11 is 3.47. The summed E-state index contributed by atoms with van der Waals surface area (Å²) in [5.41, 5.74) is 7.25. The van der Waals surface area contributed by atoms with Gasteiger partial charge in [-0.1, -0.05) is 28.1 Å². The minimum absolute atomic E-state index is 0.276. The molecule has 1 saturated heterocycles. The van der Waals surface area contributed by atoms with Crippen LogP contribution in [0.25, 0.3) is 0 Å². The van der Waals surface area contributed by atoms with E-state index in [4.69, 9.17) is 10.5 Å². The molecule has 100 valence electrons. The first-order chi connectivity index (χ1) is 8.60. The third-order valence-corrected chi connectivity index (χ3v) is 3.90. The van der Waals surface area contributed by atoms with Crippen molar-refractivity contribution >= 4 is 15.9 Å². The fourth-order valence-corrected chi connectivity index (χ4v) is 2.92. The average Bonchev–Trinajstić information content (AvgIpc) is 2.31. The molecule has 1 heterocycles. The molecule has 0 amide bonds. The molecule has 2 N–H and O–H groups in total. The van der Waals surface area contributed by atoms with Crippen molar-refractivity contribution in [1.82, 2.24) is 4.90 Å². The number of halogens is 1. The first-order valence-corrected chi connectivity index (χ1v) is 7.24. The molecule has 0 spiro atoms. The van der Waals surface area contributed by atoms with Gasteiger partial charge < -0.3 is 10.5 Å². The zero-order chi connectivity index (χ0) is 13.1. The standard InChI is InChI=1S/C14H21BrN2O/c1-10-8-17(9-11(2)18-10)14(7-16)12-3-5-13(15)6-4-12/h3-6,10-11,14H,7-9,16H2,1-2H3/t10-,11-,14-/m0/s1. The molecule has 4 heteroatoms. The van der Waals surface area contributed by atoms with Gasteiger partial charge in [0, 0.05) is 30.1 Å². The van der Waals surface area contributed by atoms with E-state index in [9.17, 15) is 0 Å². The molecule has 0 aromatic heterocycles. The van der Waals surface area contributed by atoms with Crippen molar-refractivity contribution in [2.75, 3.05) is 19.6 Å². The monoisotopic (exact) mass is 312 g/mol. The van der Waals surface area contributed by atoms with Crippen LogP contribution in [0.1, 0.15) is 25.5 Å². The highest BCUT2D eigenvalue weighted by Gasteiger charge is 2.27. The number of hydrogen-bond donors (Lipinski definition) is 1. The minimum Gasteiger partial charge on any atom is -0.373 e. The maximum absolute atomic E-state index is 5.97. The second-order valence-electron chi connectivity index (χ2n) is 5.01.